The SMILES string of the molecule is CC(NCc1nc2ccsc2c(=O)[nH]1)c1ccc(Cl)s1. The van der Waals surface area contributed by atoms with Gasteiger partial charge >= 0.3 is 0 Å². The van der Waals surface area contributed by atoms with Crippen LogP contribution in [0.4, 0.5) is 0 Å². The van der Waals surface area contributed by atoms with E-state index in [9.17, 15) is 4.79 Å². The molecule has 0 spiro atoms. The van der Waals surface area contributed by atoms with Crippen molar-refractivity contribution in [2.24, 2.45) is 0 Å². The number of nitrogens with one attached hydrogen (secondary N) is 2. The summed E-state index contributed by atoms with van der Waals surface area (Å²) in [6, 6.07) is 5.91. The topological polar surface area (TPSA) is 57.8 Å². The van der Waals surface area contributed by atoms with E-state index in [-0.39, 0.29) is 11.6 Å². The lowest BCUT2D eigenvalue weighted by Crippen LogP contribution is -2.21. The molecule has 0 saturated carbocycles. The molecule has 0 radical (unpaired) electrons. The van der Waals surface area contributed by atoms with Gasteiger partial charge in [0.25, 0.3) is 5.56 Å². The molecule has 0 aliphatic rings. The Labute approximate surface area is 128 Å². The third-order valence-electron chi connectivity index (χ3n) is 2.96. The zero-order valence-electron chi connectivity index (χ0n) is 10.6. The van der Waals surface area contributed by atoms with Gasteiger partial charge in [0.2, 0.25) is 0 Å². The van der Waals surface area contributed by atoms with Crippen LogP contribution in [0.3, 0.4) is 0 Å². The van der Waals surface area contributed by atoms with Crippen LogP contribution in [0.1, 0.15) is 23.7 Å². The Hall–Kier alpha value is -1.21. The summed E-state index contributed by atoms with van der Waals surface area (Å²) in [5, 5.41) is 5.21. The fraction of sp³-hybridized carbons (Fsp3) is 0.231. The van der Waals surface area contributed by atoms with Gasteiger partial charge in [-0.05, 0) is 30.5 Å². The van der Waals surface area contributed by atoms with E-state index in [0.717, 1.165) is 14.7 Å². The van der Waals surface area contributed by atoms with E-state index in [0.29, 0.717) is 17.1 Å². The Kier molecular flexibility index (Phi) is 3.89. The van der Waals surface area contributed by atoms with Gasteiger partial charge in [0.15, 0.2) is 0 Å². The highest BCUT2D eigenvalue weighted by atomic mass is 35.5. The molecule has 0 aliphatic heterocycles. The van der Waals surface area contributed by atoms with Gasteiger partial charge in [-0.1, -0.05) is 11.6 Å². The summed E-state index contributed by atoms with van der Waals surface area (Å²) >= 11 is 8.88. The molecule has 0 bridgehead atoms. The van der Waals surface area contributed by atoms with Crippen LogP contribution in [-0.4, -0.2) is 9.97 Å². The predicted octanol–water partition coefficient (Wildman–Crippen LogP) is 3.55. The summed E-state index contributed by atoms with van der Waals surface area (Å²) in [5.74, 6) is 0.649. The fourth-order valence-electron chi connectivity index (χ4n) is 1.92. The van der Waals surface area contributed by atoms with Crippen LogP contribution in [0.2, 0.25) is 4.34 Å². The molecular weight excluding hydrogens is 314 g/mol. The monoisotopic (exact) mass is 325 g/mol. The maximum atomic E-state index is 11.9. The molecular formula is C13H12ClN3OS2. The van der Waals surface area contributed by atoms with Crippen molar-refractivity contribution in [3.8, 4) is 0 Å². The molecule has 3 rings (SSSR count). The number of nitrogens with zero attached hydrogens (tertiary/aromatic N) is 1. The van der Waals surface area contributed by atoms with Gasteiger partial charge in [0, 0.05) is 10.9 Å². The zero-order valence-corrected chi connectivity index (χ0v) is 13.0. The van der Waals surface area contributed by atoms with E-state index in [1.54, 1.807) is 11.3 Å². The first-order chi connectivity index (χ1) is 9.63. The van der Waals surface area contributed by atoms with Crippen LogP contribution >= 0.6 is 34.3 Å². The molecule has 0 saturated heterocycles. The zero-order chi connectivity index (χ0) is 14.1. The summed E-state index contributed by atoms with van der Waals surface area (Å²) in [5.41, 5.74) is 0.677. The van der Waals surface area contributed by atoms with E-state index < -0.39 is 0 Å². The van der Waals surface area contributed by atoms with Crippen LogP contribution in [0, 0.1) is 0 Å². The summed E-state index contributed by atoms with van der Waals surface area (Å²) in [4.78, 5) is 20.3. The number of fused-ring (bicyclic) bond motifs is 1. The highest BCUT2D eigenvalue weighted by Gasteiger charge is 2.09. The van der Waals surface area contributed by atoms with Gasteiger partial charge in [-0.2, -0.15) is 0 Å². The van der Waals surface area contributed by atoms with Crippen molar-refractivity contribution >= 4 is 44.5 Å². The standard InChI is InChI=1S/C13H12ClN3OS2/c1-7(9-2-3-10(14)20-9)15-6-11-16-8-4-5-19-12(8)13(18)17-11/h2-5,7,15H,6H2,1H3,(H,16,17,18). The van der Waals surface area contributed by atoms with Crippen LogP contribution in [0.5, 0.6) is 0 Å². The van der Waals surface area contributed by atoms with E-state index in [4.69, 9.17) is 11.6 Å². The quantitative estimate of drug-likeness (QED) is 0.771. The second kappa shape index (κ2) is 5.65. The molecule has 104 valence electrons. The van der Waals surface area contributed by atoms with Crippen LogP contribution in [0.15, 0.2) is 28.4 Å². The molecule has 2 N–H and O–H groups in total. The third-order valence-corrected chi connectivity index (χ3v) is 5.28. The van der Waals surface area contributed by atoms with E-state index >= 15 is 0 Å². The minimum absolute atomic E-state index is 0.0754. The van der Waals surface area contributed by atoms with E-state index in [1.165, 1.54) is 11.3 Å². The lowest BCUT2D eigenvalue weighted by molar-refractivity contribution is 0.567. The lowest BCUT2D eigenvalue weighted by Gasteiger charge is -2.11. The average Bonchev–Trinajstić information content (AvgIpc) is 3.04. The third kappa shape index (κ3) is 2.78. The van der Waals surface area contributed by atoms with Gasteiger partial charge in [0.1, 0.15) is 10.5 Å². The lowest BCUT2D eigenvalue weighted by atomic mass is 10.3. The van der Waals surface area contributed by atoms with Gasteiger partial charge in [0.05, 0.1) is 16.4 Å². The largest absolute Gasteiger partial charge is 0.308 e. The molecule has 0 aliphatic carbocycles. The van der Waals surface area contributed by atoms with Crippen molar-refractivity contribution < 1.29 is 0 Å². The van der Waals surface area contributed by atoms with Crippen molar-refractivity contribution in [3.05, 3.63) is 49.0 Å². The minimum Gasteiger partial charge on any atom is -0.308 e. The molecule has 3 aromatic rings. The molecule has 1 unspecified atom stereocenters. The number of thiophene rings is 2. The number of rotatable bonds is 4. The van der Waals surface area contributed by atoms with Gasteiger partial charge in [-0.25, -0.2) is 4.98 Å². The highest BCUT2D eigenvalue weighted by molar-refractivity contribution is 7.17. The normalized spacial score (nSPS) is 12.9. The number of H-pyrrole nitrogens is 1. The van der Waals surface area contributed by atoms with Crippen molar-refractivity contribution in [1.82, 2.24) is 15.3 Å². The smallest absolute Gasteiger partial charge is 0.268 e. The van der Waals surface area contributed by atoms with Gasteiger partial charge < -0.3 is 10.3 Å². The first kappa shape index (κ1) is 13.8. The van der Waals surface area contributed by atoms with Gasteiger partial charge in [-0.15, -0.1) is 22.7 Å². The van der Waals surface area contributed by atoms with Gasteiger partial charge in [-0.3, -0.25) is 4.79 Å². The van der Waals surface area contributed by atoms with Crippen molar-refractivity contribution in [2.45, 2.75) is 19.5 Å². The first-order valence-corrected chi connectivity index (χ1v) is 8.16. The van der Waals surface area contributed by atoms with Crippen LogP contribution in [-0.2, 0) is 6.54 Å². The Morgan fingerprint density at radius 3 is 3.05 bits per heavy atom. The molecule has 20 heavy (non-hydrogen) atoms. The molecule has 3 heterocycles. The predicted molar refractivity (Wildman–Crippen MR) is 84.8 cm³/mol. The second-order valence-electron chi connectivity index (χ2n) is 4.39. The molecule has 4 nitrogen and oxygen atoms in total. The number of aromatic nitrogens is 2. The fourth-order valence-corrected chi connectivity index (χ4v) is 3.73. The van der Waals surface area contributed by atoms with Crippen LogP contribution in [0.25, 0.3) is 10.2 Å². The van der Waals surface area contributed by atoms with E-state index in [1.807, 2.05) is 23.6 Å². The summed E-state index contributed by atoms with van der Waals surface area (Å²) in [6.45, 7) is 2.57. The van der Waals surface area contributed by atoms with Crippen LogP contribution < -0.4 is 10.9 Å². The Morgan fingerprint density at radius 2 is 2.30 bits per heavy atom. The first-order valence-electron chi connectivity index (χ1n) is 6.08. The summed E-state index contributed by atoms with van der Waals surface area (Å²) in [6.07, 6.45) is 0. The Morgan fingerprint density at radius 1 is 1.45 bits per heavy atom. The molecule has 1 atom stereocenters. The number of hydrogen-bond acceptors (Lipinski definition) is 5. The molecule has 0 fully saturated rings. The molecule has 0 aromatic carbocycles. The number of halogens is 1. The Balaban J connectivity index is 1.75. The average molecular weight is 326 g/mol. The van der Waals surface area contributed by atoms with Crippen molar-refractivity contribution in [3.63, 3.8) is 0 Å². The maximum Gasteiger partial charge on any atom is 0.268 e. The summed E-state index contributed by atoms with van der Waals surface area (Å²) < 4.78 is 1.45. The second-order valence-corrected chi connectivity index (χ2v) is 7.05. The van der Waals surface area contributed by atoms with Crippen molar-refractivity contribution in [1.29, 1.82) is 0 Å². The number of hydrogen-bond donors (Lipinski definition) is 2. The minimum atomic E-state index is -0.0754. The molecule has 0 amide bonds. The van der Waals surface area contributed by atoms with Crippen molar-refractivity contribution in [2.75, 3.05) is 0 Å². The molecule has 3 aromatic heterocycles. The summed E-state index contributed by atoms with van der Waals surface area (Å²) in [7, 11) is 0. The van der Waals surface area contributed by atoms with E-state index in [2.05, 4.69) is 22.2 Å². The molecule has 7 heteroatoms. The highest BCUT2D eigenvalue weighted by Crippen LogP contribution is 2.26. The number of aromatic amines is 1. The maximum absolute atomic E-state index is 11.9. The Bertz CT molecular complexity index is 792.